The Labute approximate surface area is 267 Å². The van der Waals surface area contributed by atoms with Crippen molar-refractivity contribution in [3.63, 3.8) is 0 Å². The topological polar surface area (TPSA) is 8.17 Å². The fourth-order valence-corrected chi connectivity index (χ4v) is 12.1. The van der Waals surface area contributed by atoms with Crippen molar-refractivity contribution in [3.05, 3.63) is 77.2 Å². The molecule has 1 aliphatic heterocycles. The molecule has 0 radical (unpaired) electrons. The summed E-state index contributed by atoms with van der Waals surface area (Å²) in [5, 5.41) is 0. The van der Waals surface area contributed by atoms with Crippen molar-refractivity contribution in [2.45, 2.75) is 140 Å². The molecule has 2 nitrogen and oxygen atoms in total. The minimum Gasteiger partial charge on any atom is -0.321 e. The summed E-state index contributed by atoms with van der Waals surface area (Å²) < 4.78 is 2.84. The largest absolute Gasteiger partial charge is 0.321 e. The summed E-state index contributed by atoms with van der Waals surface area (Å²) in [5.74, 6) is 5.37. The third-order valence-electron chi connectivity index (χ3n) is 14.1. The molecular formula is C42H56N2. The van der Waals surface area contributed by atoms with Crippen molar-refractivity contribution in [2.75, 3.05) is 0 Å². The molecule has 0 bridgehead atoms. The van der Waals surface area contributed by atoms with E-state index in [-0.39, 0.29) is 0 Å². The maximum atomic E-state index is 3.09. The summed E-state index contributed by atoms with van der Waals surface area (Å²) in [6, 6.07) is 2.20. The lowest BCUT2D eigenvalue weighted by atomic mass is 9.65. The van der Waals surface area contributed by atoms with Crippen LogP contribution in [-0.2, 0) is 25.7 Å². The van der Waals surface area contributed by atoms with Gasteiger partial charge in [-0.2, -0.15) is 0 Å². The van der Waals surface area contributed by atoms with Gasteiger partial charge in [0.1, 0.15) is 0 Å². The van der Waals surface area contributed by atoms with Crippen molar-refractivity contribution in [2.24, 2.45) is 35.5 Å². The number of hydrogen-bond donors (Lipinski definition) is 0. The Morgan fingerprint density at radius 3 is 2.41 bits per heavy atom. The van der Waals surface area contributed by atoms with Crippen LogP contribution >= 0.6 is 0 Å². The monoisotopic (exact) mass is 588 g/mol. The van der Waals surface area contributed by atoms with Gasteiger partial charge in [0.25, 0.3) is 0 Å². The van der Waals surface area contributed by atoms with Gasteiger partial charge >= 0.3 is 0 Å². The standard InChI is InChI=1S/C42H56N2/c1-3-11-29(12-4-1)30-19-23-34(24-20-30)43-40-18-10-8-16-36(40)38-27-31(22-26-41(38)43)32-21-25-37-35-15-7-9-17-39(35)44(42(37)28-32)33-13-5-2-6-14-33/h1-3,5,10,13,18-19,23,29-32,34,36,38,40-41H,4,6-9,11-12,14-17,20-22,24-28H2. The molecule has 7 aliphatic carbocycles. The first-order valence-corrected chi connectivity index (χ1v) is 19.2. The van der Waals surface area contributed by atoms with Gasteiger partial charge in [0.2, 0.25) is 0 Å². The van der Waals surface area contributed by atoms with Crippen LogP contribution in [0.1, 0.15) is 119 Å². The Morgan fingerprint density at radius 2 is 1.55 bits per heavy atom. The third-order valence-corrected chi connectivity index (χ3v) is 14.1. The summed E-state index contributed by atoms with van der Waals surface area (Å²) >= 11 is 0. The second-order valence-corrected chi connectivity index (χ2v) is 16.2. The van der Waals surface area contributed by atoms with Gasteiger partial charge in [0.05, 0.1) is 0 Å². The van der Waals surface area contributed by atoms with Gasteiger partial charge in [-0.3, -0.25) is 4.90 Å². The summed E-state index contributed by atoms with van der Waals surface area (Å²) in [6.07, 6.45) is 48.7. The highest BCUT2D eigenvalue weighted by molar-refractivity contribution is 5.58. The summed E-state index contributed by atoms with van der Waals surface area (Å²) in [5.41, 5.74) is 8.67. The van der Waals surface area contributed by atoms with Gasteiger partial charge in [-0.25, -0.2) is 0 Å². The van der Waals surface area contributed by atoms with E-state index in [0.717, 1.165) is 41.5 Å². The second kappa shape index (κ2) is 11.9. The highest BCUT2D eigenvalue weighted by Gasteiger charge is 2.53. The van der Waals surface area contributed by atoms with E-state index in [4.69, 9.17) is 0 Å². The number of rotatable bonds is 4. The van der Waals surface area contributed by atoms with E-state index < -0.39 is 0 Å². The normalized spacial score (nSPS) is 39.8. The van der Waals surface area contributed by atoms with E-state index in [0.29, 0.717) is 12.1 Å². The molecule has 0 N–H and O–H groups in total. The molecule has 1 aromatic rings. The number of hydrogen-bond acceptors (Lipinski definition) is 1. The first-order chi connectivity index (χ1) is 21.8. The molecule has 1 aromatic heterocycles. The molecule has 0 aromatic carbocycles. The average Bonchev–Trinajstić information content (AvgIpc) is 3.61. The lowest BCUT2D eigenvalue weighted by molar-refractivity contribution is 0.0850. The molecule has 9 rings (SSSR count). The molecule has 2 fully saturated rings. The van der Waals surface area contributed by atoms with Crippen molar-refractivity contribution >= 4 is 5.70 Å². The van der Waals surface area contributed by atoms with Crippen molar-refractivity contribution < 1.29 is 0 Å². The maximum Gasteiger partial charge on any atom is 0.0318 e. The Kier molecular flexibility index (Phi) is 7.65. The highest BCUT2D eigenvalue weighted by atomic mass is 15.3. The molecule has 9 atom stereocenters. The van der Waals surface area contributed by atoms with Gasteiger partial charge in [0.15, 0.2) is 0 Å². The Balaban J connectivity index is 0.946. The third kappa shape index (κ3) is 4.83. The van der Waals surface area contributed by atoms with E-state index in [1.807, 2.05) is 0 Å². The van der Waals surface area contributed by atoms with Crippen LogP contribution in [0, 0.1) is 35.5 Å². The molecule has 8 aliphatic rings. The fourth-order valence-electron chi connectivity index (χ4n) is 12.1. The number of fused-ring (bicyclic) bond motifs is 6. The van der Waals surface area contributed by atoms with Gasteiger partial charge in [-0.15, -0.1) is 0 Å². The van der Waals surface area contributed by atoms with Crippen molar-refractivity contribution in [1.29, 1.82) is 0 Å². The number of aromatic nitrogens is 1. The van der Waals surface area contributed by atoms with E-state index in [9.17, 15) is 0 Å². The van der Waals surface area contributed by atoms with Gasteiger partial charge in [-0.05, 0) is 175 Å². The second-order valence-electron chi connectivity index (χ2n) is 16.2. The zero-order chi connectivity index (χ0) is 29.0. The molecule has 1 saturated heterocycles. The minimum absolute atomic E-state index is 0.678. The van der Waals surface area contributed by atoms with E-state index >= 15 is 0 Å². The molecule has 2 heteroatoms. The summed E-state index contributed by atoms with van der Waals surface area (Å²) in [4.78, 5) is 3.09. The zero-order valence-corrected chi connectivity index (χ0v) is 27.2. The van der Waals surface area contributed by atoms with E-state index in [2.05, 4.69) is 64.2 Å². The van der Waals surface area contributed by atoms with Crippen LogP contribution in [0.4, 0.5) is 0 Å². The Morgan fingerprint density at radius 1 is 0.614 bits per heavy atom. The van der Waals surface area contributed by atoms with Crippen LogP contribution in [0.25, 0.3) is 5.70 Å². The van der Waals surface area contributed by atoms with Gasteiger partial charge in [0, 0.05) is 35.2 Å². The van der Waals surface area contributed by atoms with Gasteiger partial charge in [-0.1, -0.05) is 48.6 Å². The fraction of sp³-hybridized carbons (Fsp3) is 0.667. The van der Waals surface area contributed by atoms with Crippen LogP contribution < -0.4 is 0 Å². The number of nitrogens with zero attached hydrogens (tertiary/aromatic N) is 2. The predicted molar refractivity (Wildman–Crippen MR) is 183 cm³/mol. The van der Waals surface area contributed by atoms with Crippen LogP contribution in [0.3, 0.4) is 0 Å². The summed E-state index contributed by atoms with van der Waals surface area (Å²) in [7, 11) is 0. The quantitative estimate of drug-likeness (QED) is 0.318. The van der Waals surface area contributed by atoms with E-state index in [1.54, 1.807) is 28.2 Å². The number of likely N-dealkylation sites (tertiary alicyclic amines) is 1. The number of allylic oxidation sites excluding steroid dienone is 8. The van der Waals surface area contributed by atoms with Crippen LogP contribution in [0.2, 0.25) is 0 Å². The van der Waals surface area contributed by atoms with E-state index in [1.165, 1.54) is 122 Å². The predicted octanol–water partition coefficient (Wildman–Crippen LogP) is 9.79. The lowest BCUT2D eigenvalue weighted by Gasteiger charge is -2.44. The van der Waals surface area contributed by atoms with Gasteiger partial charge < -0.3 is 4.57 Å². The Bertz CT molecular complexity index is 1380. The average molecular weight is 589 g/mol. The minimum atomic E-state index is 0.678. The molecule has 1 saturated carbocycles. The van der Waals surface area contributed by atoms with Crippen LogP contribution in [0.5, 0.6) is 0 Å². The molecule has 234 valence electrons. The first-order valence-electron chi connectivity index (χ1n) is 19.2. The molecule has 9 unspecified atom stereocenters. The first kappa shape index (κ1) is 28.2. The molecule has 2 heterocycles. The van der Waals surface area contributed by atoms with Crippen LogP contribution in [-0.4, -0.2) is 27.6 Å². The molecule has 0 amide bonds. The van der Waals surface area contributed by atoms with Crippen molar-refractivity contribution in [1.82, 2.24) is 9.47 Å². The molecule has 0 spiro atoms. The summed E-state index contributed by atoms with van der Waals surface area (Å²) in [6.45, 7) is 0. The maximum absolute atomic E-state index is 3.09. The lowest BCUT2D eigenvalue weighted by Crippen LogP contribution is -2.47. The van der Waals surface area contributed by atoms with Crippen molar-refractivity contribution in [3.8, 4) is 0 Å². The molecule has 44 heavy (non-hydrogen) atoms. The molecular weight excluding hydrogens is 532 g/mol. The smallest absolute Gasteiger partial charge is 0.0318 e. The zero-order valence-electron chi connectivity index (χ0n) is 27.2. The Hall–Kier alpha value is -2.06. The SMILES string of the molecule is C1=CCCC(n2c3c(c4c2CC(C2CCC5C(C2)C2CCC=CC2N5C2C=CC(C5CC=CCC5)CC2)CC4)CCCC3)=C1. The highest BCUT2D eigenvalue weighted by Crippen LogP contribution is 2.53. The van der Waals surface area contributed by atoms with Crippen LogP contribution in [0.15, 0.2) is 54.7 Å².